The van der Waals surface area contributed by atoms with Crippen LogP contribution < -0.4 is 0 Å². The third-order valence-corrected chi connectivity index (χ3v) is 4.38. The van der Waals surface area contributed by atoms with Gasteiger partial charge in [-0.1, -0.05) is 43.8 Å². The van der Waals surface area contributed by atoms with E-state index in [-0.39, 0.29) is 5.41 Å². The van der Waals surface area contributed by atoms with E-state index in [2.05, 4.69) is 25.3 Å². The average molecular weight is 321 g/mol. The summed E-state index contributed by atoms with van der Waals surface area (Å²) in [5, 5.41) is 13.8. The summed E-state index contributed by atoms with van der Waals surface area (Å²) < 4.78 is 5.26. The van der Waals surface area contributed by atoms with Gasteiger partial charge in [0, 0.05) is 5.41 Å². The van der Waals surface area contributed by atoms with Gasteiger partial charge in [-0.15, -0.1) is 16.4 Å². The molecule has 3 rings (SSSR count). The lowest BCUT2D eigenvalue weighted by Crippen LogP contribution is -2.11. The van der Waals surface area contributed by atoms with Crippen molar-refractivity contribution in [2.24, 2.45) is 0 Å². The fourth-order valence-corrected chi connectivity index (χ4v) is 2.89. The summed E-state index contributed by atoms with van der Waals surface area (Å²) in [6.45, 7) is 6.13. The van der Waals surface area contributed by atoms with Gasteiger partial charge < -0.3 is 4.52 Å². The maximum Gasteiger partial charge on any atom is 0.232 e. The number of aromatic nitrogens is 5. The minimum atomic E-state index is -0.132. The molecule has 0 saturated carbocycles. The van der Waals surface area contributed by atoms with Crippen molar-refractivity contribution in [3.63, 3.8) is 0 Å². The van der Waals surface area contributed by atoms with Gasteiger partial charge in [-0.3, -0.25) is 5.10 Å². The van der Waals surface area contributed by atoms with E-state index >= 15 is 0 Å². The molecular formula is C13H15N5OS2. The molecule has 0 spiro atoms. The zero-order valence-electron chi connectivity index (χ0n) is 12.0. The third kappa shape index (κ3) is 3.33. The van der Waals surface area contributed by atoms with E-state index in [1.165, 1.54) is 11.8 Å². The molecule has 3 heterocycles. The molecule has 0 aromatic carbocycles. The Morgan fingerprint density at radius 2 is 2.19 bits per heavy atom. The first-order chi connectivity index (χ1) is 10.0. The molecule has 0 amide bonds. The summed E-state index contributed by atoms with van der Waals surface area (Å²) in [5.41, 5.74) is -0.132. The first-order valence-corrected chi connectivity index (χ1v) is 8.31. The van der Waals surface area contributed by atoms with E-state index in [4.69, 9.17) is 4.52 Å². The number of nitrogens with one attached hydrogen (secondary N) is 1. The van der Waals surface area contributed by atoms with Crippen LogP contribution in [0.5, 0.6) is 0 Å². The van der Waals surface area contributed by atoms with Crippen LogP contribution in [0.4, 0.5) is 0 Å². The van der Waals surface area contributed by atoms with Gasteiger partial charge in [-0.05, 0) is 11.4 Å². The van der Waals surface area contributed by atoms with Crippen LogP contribution in [0, 0.1) is 0 Å². The van der Waals surface area contributed by atoms with Gasteiger partial charge in [0.1, 0.15) is 0 Å². The summed E-state index contributed by atoms with van der Waals surface area (Å²) in [6.07, 6.45) is 0. The second-order valence-corrected chi connectivity index (χ2v) is 7.39. The summed E-state index contributed by atoms with van der Waals surface area (Å²) >= 11 is 3.11. The number of H-pyrrole nitrogens is 1. The van der Waals surface area contributed by atoms with Crippen molar-refractivity contribution in [1.82, 2.24) is 25.3 Å². The number of thioether (sulfide) groups is 1. The predicted octanol–water partition coefficient (Wildman–Crippen LogP) is 3.51. The Balaban J connectivity index is 1.64. The molecule has 6 nitrogen and oxygen atoms in total. The molecule has 0 unspecified atom stereocenters. The number of hydrogen-bond acceptors (Lipinski definition) is 7. The van der Waals surface area contributed by atoms with Crippen LogP contribution in [0.2, 0.25) is 0 Å². The van der Waals surface area contributed by atoms with Gasteiger partial charge in [0.15, 0.2) is 11.6 Å². The minimum Gasteiger partial charge on any atom is -0.339 e. The zero-order valence-corrected chi connectivity index (χ0v) is 13.6. The fourth-order valence-electron chi connectivity index (χ4n) is 1.58. The smallest absolute Gasteiger partial charge is 0.232 e. The minimum absolute atomic E-state index is 0.132. The van der Waals surface area contributed by atoms with E-state index in [1.54, 1.807) is 11.3 Å². The molecular weight excluding hydrogens is 306 g/mol. The summed E-state index contributed by atoms with van der Waals surface area (Å²) in [7, 11) is 0. The maximum absolute atomic E-state index is 5.26. The molecule has 3 aromatic rings. The Bertz CT molecular complexity index is 711. The van der Waals surface area contributed by atoms with Crippen LogP contribution in [0.3, 0.4) is 0 Å². The first-order valence-electron chi connectivity index (χ1n) is 6.44. The monoisotopic (exact) mass is 321 g/mol. The average Bonchev–Trinajstić information content (AvgIpc) is 3.16. The van der Waals surface area contributed by atoms with Crippen molar-refractivity contribution >= 4 is 23.1 Å². The number of aromatic amines is 1. The molecule has 0 fully saturated rings. The highest BCUT2D eigenvalue weighted by molar-refractivity contribution is 7.98. The fraction of sp³-hybridized carbons (Fsp3) is 0.385. The highest BCUT2D eigenvalue weighted by Crippen LogP contribution is 2.25. The number of hydrogen-bond donors (Lipinski definition) is 1. The van der Waals surface area contributed by atoms with Crippen LogP contribution in [-0.2, 0) is 11.2 Å². The quantitative estimate of drug-likeness (QED) is 0.741. The van der Waals surface area contributed by atoms with Crippen LogP contribution in [0.1, 0.15) is 32.5 Å². The largest absolute Gasteiger partial charge is 0.339 e. The summed E-state index contributed by atoms with van der Waals surface area (Å²) in [6, 6.07) is 4.00. The van der Waals surface area contributed by atoms with E-state index in [0.29, 0.717) is 22.6 Å². The third-order valence-electron chi connectivity index (χ3n) is 2.66. The van der Waals surface area contributed by atoms with E-state index in [0.717, 1.165) is 10.7 Å². The molecule has 0 bridgehead atoms. The molecule has 1 N–H and O–H groups in total. The molecule has 110 valence electrons. The Kier molecular flexibility index (Phi) is 3.81. The molecule has 0 atom stereocenters. The van der Waals surface area contributed by atoms with Crippen LogP contribution in [0.15, 0.2) is 27.2 Å². The van der Waals surface area contributed by atoms with E-state index in [9.17, 15) is 0 Å². The van der Waals surface area contributed by atoms with E-state index < -0.39 is 0 Å². The highest BCUT2D eigenvalue weighted by Gasteiger charge is 2.21. The van der Waals surface area contributed by atoms with Gasteiger partial charge in [0.25, 0.3) is 0 Å². The molecule has 3 aromatic heterocycles. The maximum atomic E-state index is 5.26. The Labute approximate surface area is 130 Å². The number of thiophene rings is 1. The lowest BCUT2D eigenvalue weighted by Gasteiger charge is -2.10. The van der Waals surface area contributed by atoms with Crippen LogP contribution in [0.25, 0.3) is 10.7 Å². The standard InChI is InChI=1S/C13H15N5OS2/c1-13(2,3)11-14-9(18-19-11)7-21-12-15-10(16-17-12)8-5-4-6-20-8/h4-6H,7H2,1-3H3,(H,15,16,17). The molecule has 0 saturated heterocycles. The molecule has 0 aliphatic carbocycles. The van der Waals surface area contributed by atoms with Crippen molar-refractivity contribution < 1.29 is 4.52 Å². The SMILES string of the molecule is CC(C)(C)c1nc(CSc2n[nH]c(-c3cccs3)n2)no1. The topological polar surface area (TPSA) is 80.5 Å². The van der Waals surface area contributed by atoms with Crippen molar-refractivity contribution in [2.75, 3.05) is 0 Å². The Morgan fingerprint density at radius 1 is 1.33 bits per heavy atom. The van der Waals surface area contributed by atoms with Crippen molar-refractivity contribution in [1.29, 1.82) is 0 Å². The summed E-state index contributed by atoms with van der Waals surface area (Å²) in [4.78, 5) is 9.91. The number of nitrogens with zero attached hydrogens (tertiary/aromatic N) is 4. The van der Waals surface area contributed by atoms with E-state index in [1.807, 2.05) is 38.3 Å². The van der Waals surface area contributed by atoms with Gasteiger partial charge >= 0.3 is 0 Å². The lowest BCUT2D eigenvalue weighted by atomic mass is 9.97. The molecule has 0 radical (unpaired) electrons. The van der Waals surface area contributed by atoms with Crippen LogP contribution >= 0.6 is 23.1 Å². The summed E-state index contributed by atoms with van der Waals surface area (Å²) in [5.74, 6) is 2.68. The van der Waals surface area contributed by atoms with Crippen molar-refractivity contribution in [2.45, 2.75) is 37.1 Å². The molecule has 21 heavy (non-hydrogen) atoms. The van der Waals surface area contributed by atoms with Gasteiger partial charge in [0.2, 0.25) is 11.0 Å². The zero-order chi connectivity index (χ0) is 14.9. The Hall–Kier alpha value is -1.67. The molecule has 0 aliphatic heterocycles. The molecule has 0 aliphatic rings. The highest BCUT2D eigenvalue weighted by atomic mass is 32.2. The number of rotatable bonds is 4. The van der Waals surface area contributed by atoms with Crippen LogP contribution in [-0.4, -0.2) is 25.3 Å². The van der Waals surface area contributed by atoms with Crippen molar-refractivity contribution in [3.8, 4) is 10.7 Å². The van der Waals surface area contributed by atoms with Gasteiger partial charge in [0.05, 0.1) is 10.6 Å². The van der Waals surface area contributed by atoms with Gasteiger partial charge in [-0.2, -0.15) is 4.98 Å². The van der Waals surface area contributed by atoms with Gasteiger partial charge in [-0.25, -0.2) is 4.98 Å². The Morgan fingerprint density at radius 3 is 2.86 bits per heavy atom. The predicted molar refractivity (Wildman–Crippen MR) is 82.3 cm³/mol. The second kappa shape index (κ2) is 5.61. The first kappa shape index (κ1) is 14.3. The lowest BCUT2D eigenvalue weighted by molar-refractivity contribution is 0.319. The second-order valence-electron chi connectivity index (χ2n) is 5.50. The normalized spacial score (nSPS) is 12.0. The van der Waals surface area contributed by atoms with Crippen molar-refractivity contribution in [3.05, 3.63) is 29.2 Å². The molecule has 8 heteroatoms.